The van der Waals surface area contributed by atoms with E-state index in [0.717, 1.165) is 30.0 Å². The van der Waals surface area contributed by atoms with Crippen molar-refractivity contribution < 1.29 is 4.79 Å². The Balaban J connectivity index is 2.18. The maximum absolute atomic E-state index is 10.9. The number of nitrogens with zero attached hydrogens (tertiary/aromatic N) is 1. The van der Waals surface area contributed by atoms with Crippen molar-refractivity contribution in [3.8, 4) is 0 Å². The number of likely N-dealkylation sites (tertiary alicyclic amines) is 1. The average molecular weight is 340 g/mol. The average Bonchev–Trinajstić information content (AvgIpc) is 2.53. The Morgan fingerprint density at radius 2 is 1.96 bits per heavy atom. The van der Waals surface area contributed by atoms with Crippen molar-refractivity contribution >= 4 is 30.7 Å². The molecule has 5 nitrogen and oxygen atoms in total. The van der Waals surface area contributed by atoms with Crippen LogP contribution < -0.4 is 21.8 Å². The monoisotopic (exact) mass is 340 g/mol. The van der Waals surface area contributed by atoms with Gasteiger partial charge in [-0.05, 0) is 24.3 Å². The molecule has 0 radical (unpaired) electrons. The third-order valence-corrected chi connectivity index (χ3v) is 4.52. The van der Waals surface area contributed by atoms with Crippen molar-refractivity contribution in [3.63, 3.8) is 0 Å². The van der Waals surface area contributed by atoms with Gasteiger partial charge < -0.3 is 21.3 Å². The number of nitrogens with two attached hydrogens (primary N) is 1. The lowest BCUT2D eigenvalue weighted by molar-refractivity contribution is 0.204. The van der Waals surface area contributed by atoms with E-state index in [0.29, 0.717) is 17.5 Å². The minimum Gasteiger partial charge on any atom is -0.371 e. The van der Waals surface area contributed by atoms with Gasteiger partial charge >= 0.3 is 6.03 Å². The Labute approximate surface area is 151 Å². The van der Waals surface area contributed by atoms with E-state index >= 15 is 0 Å². The standard InChI is InChI=1S/C19H29BN4O/c1-12-7-13(2)11-24(10-12)15(4)17-8-16(20)5-6-18(17)23-14(3)9-22-19(21)25/h5-6,8,12-13,23H,3-4,7,9-11,20H2,1-2H3,(H3,21,22,25)/t12-,13+. The summed E-state index contributed by atoms with van der Waals surface area (Å²) in [5.74, 6) is 1.33. The molecule has 1 aromatic rings. The maximum atomic E-state index is 10.9. The Morgan fingerprint density at radius 3 is 2.56 bits per heavy atom. The summed E-state index contributed by atoms with van der Waals surface area (Å²) in [6.07, 6.45) is 1.26. The molecule has 0 bridgehead atoms. The zero-order chi connectivity index (χ0) is 18.6. The predicted molar refractivity (Wildman–Crippen MR) is 109 cm³/mol. The van der Waals surface area contributed by atoms with Crippen LogP contribution >= 0.6 is 0 Å². The molecule has 1 saturated heterocycles. The molecule has 0 unspecified atom stereocenters. The van der Waals surface area contributed by atoms with Crippen LogP contribution in [0.1, 0.15) is 25.8 Å². The van der Waals surface area contributed by atoms with Crippen molar-refractivity contribution in [1.82, 2.24) is 10.2 Å². The second-order valence-electron chi connectivity index (χ2n) is 7.29. The minimum atomic E-state index is -0.562. The van der Waals surface area contributed by atoms with Crippen LogP contribution in [0.2, 0.25) is 0 Å². The van der Waals surface area contributed by atoms with E-state index < -0.39 is 6.03 Å². The van der Waals surface area contributed by atoms with Crippen molar-refractivity contribution in [3.05, 3.63) is 42.6 Å². The van der Waals surface area contributed by atoms with E-state index in [1.165, 1.54) is 11.9 Å². The molecule has 0 saturated carbocycles. The van der Waals surface area contributed by atoms with E-state index in [2.05, 4.69) is 62.5 Å². The second-order valence-corrected chi connectivity index (χ2v) is 7.29. The molecule has 2 atom stereocenters. The number of nitrogens with one attached hydrogen (secondary N) is 2. The lowest BCUT2D eigenvalue weighted by Crippen LogP contribution is -2.37. The zero-order valence-corrected chi connectivity index (χ0v) is 15.6. The molecule has 25 heavy (non-hydrogen) atoms. The number of carbonyl (C=O) groups is 1. The topological polar surface area (TPSA) is 70.4 Å². The molecular formula is C19H29BN4O. The third kappa shape index (κ3) is 5.31. The Hall–Kier alpha value is -2.37. The Kier molecular flexibility index (Phi) is 6.18. The van der Waals surface area contributed by atoms with Crippen LogP contribution in [-0.2, 0) is 0 Å². The summed E-state index contributed by atoms with van der Waals surface area (Å²) in [6, 6.07) is 5.66. The highest BCUT2D eigenvalue weighted by molar-refractivity contribution is 6.32. The number of hydrogen-bond donors (Lipinski definition) is 3. The summed E-state index contributed by atoms with van der Waals surface area (Å²) < 4.78 is 0. The minimum absolute atomic E-state index is 0.285. The summed E-state index contributed by atoms with van der Waals surface area (Å²) in [6.45, 7) is 15.3. The van der Waals surface area contributed by atoms with Gasteiger partial charge in [0.2, 0.25) is 0 Å². The number of rotatable bonds is 6. The van der Waals surface area contributed by atoms with Crippen LogP contribution in [0.3, 0.4) is 0 Å². The van der Waals surface area contributed by atoms with Gasteiger partial charge in [0.25, 0.3) is 0 Å². The first-order valence-electron chi connectivity index (χ1n) is 8.79. The molecular weight excluding hydrogens is 311 g/mol. The molecule has 1 fully saturated rings. The molecule has 2 amide bonds. The molecule has 2 rings (SSSR count). The number of piperidine rings is 1. The fourth-order valence-electron chi connectivity index (χ4n) is 3.49. The molecule has 1 aliphatic rings. The van der Waals surface area contributed by atoms with Crippen LogP contribution in [0.15, 0.2) is 37.1 Å². The van der Waals surface area contributed by atoms with Gasteiger partial charge in [-0.2, -0.15) is 0 Å². The summed E-state index contributed by atoms with van der Waals surface area (Å²) in [7, 11) is 2.07. The number of carbonyl (C=O) groups excluding carboxylic acids is 1. The first-order chi connectivity index (χ1) is 11.8. The molecule has 4 N–H and O–H groups in total. The summed E-state index contributed by atoms with van der Waals surface area (Å²) in [5.41, 5.74) is 10.0. The number of amides is 2. The van der Waals surface area contributed by atoms with Gasteiger partial charge in [-0.1, -0.05) is 44.6 Å². The summed E-state index contributed by atoms with van der Waals surface area (Å²) in [4.78, 5) is 13.2. The van der Waals surface area contributed by atoms with Crippen molar-refractivity contribution in [2.45, 2.75) is 20.3 Å². The van der Waals surface area contributed by atoms with Gasteiger partial charge in [0.1, 0.15) is 7.85 Å². The predicted octanol–water partition coefficient (Wildman–Crippen LogP) is 1.49. The molecule has 0 aliphatic carbocycles. The normalized spacial score (nSPS) is 20.0. The number of hydrogen-bond acceptors (Lipinski definition) is 3. The molecule has 0 aromatic heterocycles. The first-order valence-corrected chi connectivity index (χ1v) is 8.79. The van der Waals surface area contributed by atoms with Gasteiger partial charge in [0.05, 0.1) is 6.54 Å². The van der Waals surface area contributed by atoms with Gasteiger partial charge in [-0.15, -0.1) is 0 Å². The summed E-state index contributed by atoms with van der Waals surface area (Å²) >= 11 is 0. The van der Waals surface area contributed by atoms with Crippen LogP contribution in [0, 0.1) is 11.8 Å². The number of benzene rings is 1. The molecule has 1 heterocycles. The third-order valence-electron chi connectivity index (χ3n) is 4.52. The highest BCUT2D eigenvalue weighted by Gasteiger charge is 2.24. The van der Waals surface area contributed by atoms with E-state index in [4.69, 9.17) is 5.73 Å². The highest BCUT2D eigenvalue weighted by atomic mass is 16.2. The number of anilines is 1. The van der Waals surface area contributed by atoms with Crippen molar-refractivity contribution in [2.24, 2.45) is 17.6 Å². The van der Waals surface area contributed by atoms with Crippen molar-refractivity contribution in [2.75, 3.05) is 25.0 Å². The second kappa shape index (κ2) is 8.14. The van der Waals surface area contributed by atoms with E-state index in [1.54, 1.807) is 0 Å². The van der Waals surface area contributed by atoms with E-state index in [9.17, 15) is 4.79 Å². The number of urea groups is 1. The van der Waals surface area contributed by atoms with Crippen LogP contribution in [0.4, 0.5) is 10.5 Å². The lowest BCUT2D eigenvalue weighted by Gasteiger charge is -2.38. The molecule has 0 spiro atoms. The summed E-state index contributed by atoms with van der Waals surface area (Å²) in [5, 5.41) is 5.83. The molecule has 1 aliphatic heterocycles. The van der Waals surface area contributed by atoms with E-state index in [1.807, 2.05) is 6.07 Å². The molecule has 1 aromatic carbocycles. The first kappa shape index (κ1) is 19.0. The van der Waals surface area contributed by atoms with Crippen LogP contribution in [-0.4, -0.2) is 38.4 Å². The Morgan fingerprint density at radius 1 is 1.32 bits per heavy atom. The zero-order valence-electron chi connectivity index (χ0n) is 15.6. The van der Waals surface area contributed by atoms with Crippen molar-refractivity contribution in [1.29, 1.82) is 0 Å². The SMILES string of the molecule is Bc1ccc(NC(=C)CNC(N)=O)c(C(=C)N2C[C@H](C)C[C@H](C)C2)c1. The fourth-order valence-corrected chi connectivity index (χ4v) is 3.49. The lowest BCUT2D eigenvalue weighted by atomic mass is 9.89. The van der Waals surface area contributed by atoms with Gasteiger partial charge in [0, 0.05) is 35.7 Å². The maximum Gasteiger partial charge on any atom is 0.312 e. The smallest absolute Gasteiger partial charge is 0.312 e. The van der Waals surface area contributed by atoms with E-state index in [-0.39, 0.29) is 6.54 Å². The largest absolute Gasteiger partial charge is 0.371 e. The van der Waals surface area contributed by atoms with Crippen LogP contribution in [0.5, 0.6) is 0 Å². The molecule has 6 heteroatoms. The highest BCUT2D eigenvalue weighted by Crippen LogP contribution is 2.31. The van der Waals surface area contributed by atoms with Crippen LogP contribution in [0.25, 0.3) is 5.70 Å². The quantitative estimate of drug-likeness (QED) is 0.687. The Bertz CT molecular complexity index is 663. The van der Waals surface area contributed by atoms with Gasteiger partial charge in [-0.25, -0.2) is 4.79 Å². The van der Waals surface area contributed by atoms with Gasteiger partial charge in [-0.3, -0.25) is 0 Å². The van der Waals surface area contributed by atoms with Gasteiger partial charge in [0.15, 0.2) is 0 Å². The fraction of sp³-hybridized carbons (Fsp3) is 0.421. The molecule has 134 valence electrons. The number of primary amides is 1.